The number of hydrogen-bond acceptors (Lipinski definition) is 2. The standard InChI is InChI=1S/C10H11ClOS/c1-8(12)6-13-7-9-4-2-3-5-10(9)11/h2-5H,6-7H2,1H3. The molecule has 0 bridgehead atoms. The molecule has 1 aromatic carbocycles. The molecule has 0 spiro atoms. The van der Waals surface area contributed by atoms with E-state index in [1.54, 1.807) is 18.7 Å². The van der Waals surface area contributed by atoms with E-state index in [9.17, 15) is 4.79 Å². The Labute approximate surface area is 87.5 Å². The first-order valence-electron chi connectivity index (χ1n) is 4.00. The summed E-state index contributed by atoms with van der Waals surface area (Å²) in [5.41, 5.74) is 1.09. The minimum Gasteiger partial charge on any atom is -0.299 e. The molecular weight excluding hydrogens is 204 g/mol. The van der Waals surface area contributed by atoms with E-state index >= 15 is 0 Å². The zero-order valence-electron chi connectivity index (χ0n) is 7.42. The van der Waals surface area contributed by atoms with E-state index in [0.29, 0.717) is 5.75 Å². The van der Waals surface area contributed by atoms with E-state index in [-0.39, 0.29) is 5.78 Å². The number of thioether (sulfide) groups is 1. The van der Waals surface area contributed by atoms with Crippen LogP contribution >= 0.6 is 23.4 Å². The van der Waals surface area contributed by atoms with Crippen molar-refractivity contribution in [1.82, 2.24) is 0 Å². The van der Waals surface area contributed by atoms with Gasteiger partial charge in [0.05, 0.1) is 5.75 Å². The quantitative estimate of drug-likeness (QED) is 0.766. The molecule has 0 fully saturated rings. The number of hydrogen-bond donors (Lipinski definition) is 0. The van der Waals surface area contributed by atoms with Crippen LogP contribution in [0.1, 0.15) is 12.5 Å². The highest BCUT2D eigenvalue weighted by Gasteiger charge is 1.99. The number of carbonyl (C=O) groups is 1. The fourth-order valence-corrected chi connectivity index (χ4v) is 2.06. The topological polar surface area (TPSA) is 17.1 Å². The average Bonchev–Trinajstić information content (AvgIpc) is 2.08. The average molecular weight is 215 g/mol. The van der Waals surface area contributed by atoms with Gasteiger partial charge in [-0.05, 0) is 18.6 Å². The van der Waals surface area contributed by atoms with Gasteiger partial charge in [-0.2, -0.15) is 0 Å². The summed E-state index contributed by atoms with van der Waals surface area (Å²) in [6.45, 7) is 1.60. The molecule has 0 saturated heterocycles. The summed E-state index contributed by atoms with van der Waals surface area (Å²) in [5, 5.41) is 0.776. The van der Waals surface area contributed by atoms with Crippen molar-refractivity contribution in [3.63, 3.8) is 0 Å². The fraction of sp³-hybridized carbons (Fsp3) is 0.300. The zero-order valence-corrected chi connectivity index (χ0v) is 8.99. The molecule has 0 aliphatic heterocycles. The summed E-state index contributed by atoms with van der Waals surface area (Å²) in [7, 11) is 0. The predicted molar refractivity (Wildman–Crippen MR) is 58.3 cm³/mol. The first kappa shape index (κ1) is 10.6. The second kappa shape index (κ2) is 5.30. The molecule has 0 amide bonds. The molecule has 0 N–H and O–H groups in total. The number of benzene rings is 1. The lowest BCUT2D eigenvalue weighted by molar-refractivity contribution is -0.114. The second-order valence-electron chi connectivity index (χ2n) is 2.79. The number of carbonyl (C=O) groups excluding carboxylic acids is 1. The first-order chi connectivity index (χ1) is 6.20. The molecule has 0 aliphatic rings. The van der Waals surface area contributed by atoms with Crippen molar-refractivity contribution in [3.05, 3.63) is 34.9 Å². The zero-order chi connectivity index (χ0) is 9.68. The van der Waals surface area contributed by atoms with Crippen LogP contribution in [0.5, 0.6) is 0 Å². The molecule has 3 heteroatoms. The van der Waals surface area contributed by atoms with Crippen LogP contribution in [0.25, 0.3) is 0 Å². The van der Waals surface area contributed by atoms with Crippen molar-refractivity contribution in [2.24, 2.45) is 0 Å². The monoisotopic (exact) mass is 214 g/mol. The molecule has 0 atom stereocenters. The van der Waals surface area contributed by atoms with E-state index < -0.39 is 0 Å². The molecule has 13 heavy (non-hydrogen) atoms. The Balaban J connectivity index is 2.45. The Hall–Kier alpha value is -0.470. The molecule has 0 unspecified atom stereocenters. The van der Waals surface area contributed by atoms with Crippen molar-refractivity contribution in [3.8, 4) is 0 Å². The summed E-state index contributed by atoms with van der Waals surface area (Å²) >= 11 is 7.54. The number of ketones is 1. The highest BCUT2D eigenvalue weighted by Crippen LogP contribution is 2.20. The van der Waals surface area contributed by atoms with Gasteiger partial charge in [0, 0.05) is 10.8 Å². The maximum Gasteiger partial charge on any atom is 0.139 e. The number of Topliss-reactive ketones (excluding diaryl/α,β-unsaturated/α-hetero) is 1. The van der Waals surface area contributed by atoms with Crippen LogP contribution in [0.4, 0.5) is 0 Å². The van der Waals surface area contributed by atoms with Crippen LogP contribution in [-0.4, -0.2) is 11.5 Å². The number of halogens is 1. The normalized spacial score (nSPS) is 10.0. The van der Waals surface area contributed by atoms with Gasteiger partial charge in [0.25, 0.3) is 0 Å². The van der Waals surface area contributed by atoms with Crippen molar-refractivity contribution < 1.29 is 4.79 Å². The maximum absolute atomic E-state index is 10.7. The summed E-state index contributed by atoms with van der Waals surface area (Å²) < 4.78 is 0. The molecule has 1 aromatic rings. The predicted octanol–water partition coefficient (Wildman–Crippen LogP) is 3.16. The lowest BCUT2D eigenvalue weighted by atomic mass is 10.2. The highest BCUT2D eigenvalue weighted by molar-refractivity contribution is 7.99. The number of rotatable bonds is 4. The molecular formula is C10H11ClOS. The summed E-state index contributed by atoms with van der Waals surface area (Å²) in [4.78, 5) is 10.7. The van der Waals surface area contributed by atoms with Crippen LogP contribution < -0.4 is 0 Å². The van der Waals surface area contributed by atoms with Gasteiger partial charge >= 0.3 is 0 Å². The lowest BCUT2D eigenvalue weighted by Crippen LogP contribution is -1.94. The minimum atomic E-state index is 0.206. The Morgan fingerprint density at radius 3 is 2.77 bits per heavy atom. The van der Waals surface area contributed by atoms with Gasteiger partial charge in [-0.1, -0.05) is 29.8 Å². The molecule has 0 aliphatic carbocycles. The Kier molecular flexibility index (Phi) is 4.33. The third kappa shape index (κ3) is 3.83. The van der Waals surface area contributed by atoms with Crippen molar-refractivity contribution >= 4 is 29.1 Å². The molecule has 0 radical (unpaired) electrons. The Bertz CT molecular complexity index is 299. The third-order valence-corrected chi connectivity index (χ3v) is 3.02. The second-order valence-corrected chi connectivity index (χ2v) is 4.18. The van der Waals surface area contributed by atoms with E-state index in [2.05, 4.69) is 0 Å². The van der Waals surface area contributed by atoms with Gasteiger partial charge in [-0.25, -0.2) is 0 Å². The van der Waals surface area contributed by atoms with Crippen LogP contribution in [0.15, 0.2) is 24.3 Å². The maximum atomic E-state index is 10.7. The van der Waals surface area contributed by atoms with Crippen molar-refractivity contribution in [2.45, 2.75) is 12.7 Å². The van der Waals surface area contributed by atoms with Crippen LogP contribution in [0.2, 0.25) is 5.02 Å². The van der Waals surface area contributed by atoms with Crippen molar-refractivity contribution in [2.75, 3.05) is 5.75 Å². The van der Waals surface area contributed by atoms with Gasteiger partial charge in [-0.15, -0.1) is 11.8 Å². The fourth-order valence-electron chi connectivity index (χ4n) is 0.920. The van der Waals surface area contributed by atoms with Gasteiger partial charge in [-0.3, -0.25) is 4.79 Å². The molecule has 70 valence electrons. The highest BCUT2D eigenvalue weighted by atomic mass is 35.5. The molecule has 1 nitrogen and oxygen atoms in total. The van der Waals surface area contributed by atoms with E-state index in [0.717, 1.165) is 16.3 Å². The summed E-state index contributed by atoms with van der Waals surface area (Å²) in [6.07, 6.45) is 0. The minimum absolute atomic E-state index is 0.206. The largest absolute Gasteiger partial charge is 0.299 e. The smallest absolute Gasteiger partial charge is 0.139 e. The Morgan fingerprint density at radius 1 is 1.46 bits per heavy atom. The SMILES string of the molecule is CC(=O)CSCc1ccccc1Cl. The van der Waals surface area contributed by atoms with Crippen molar-refractivity contribution in [1.29, 1.82) is 0 Å². The molecule has 1 rings (SSSR count). The lowest BCUT2D eigenvalue weighted by Gasteiger charge is -2.01. The Morgan fingerprint density at radius 2 is 2.15 bits per heavy atom. The third-order valence-electron chi connectivity index (χ3n) is 1.52. The van der Waals surface area contributed by atoms with Gasteiger partial charge in [0.1, 0.15) is 5.78 Å². The van der Waals surface area contributed by atoms with Crippen LogP contribution in [0.3, 0.4) is 0 Å². The summed E-state index contributed by atoms with van der Waals surface area (Å²) in [6, 6.07) is 7.71. The van der Waals surface area contributed by atoms with Gasteiger partial charge in [0.2, 0.25) is 0 Å². The van der Waals surface area contributed by atoms with Gasteiger partial charge < -0.3 is 0 Å². The van der Waals surface area contributed by atoms with E-state index in [1.165, 1.54) is 0 Å². The molecule has 0 aromatic heterocycles. The van der Waals surface area contributed by atoms with Crippen LogP contribution in [0, 0.1) is 0 Å². The van der Waals surface area contributed by atoms with Gasteiger partial charge in [0.15, 0.2) is 0 Å². The summed E-state index contributed by atoms with van der Waals surface area (Å²) in [5.74, 6) is 1.57. The van der Waals surface area contributed by atoms with Crippen LogP contribution in [-0.2, 0) is 10.5 Å². The van der Waals surface area contributed by atoms with E-state index in [4.69, 9.17) is 11.6 Å². The molecule has 0 heterocycles. The first-order valence-corrected chi connectivity index (χ1v) is 5.54. The molecule has 0 saturated carbocycles. The van der Waals surface area contributed by atoms with E-state index in [1.807, 2.05) is 24.3 Å².